The third kappa shape index (κ3) is 2.81. The monoisotopic (exact) mass is 405 g/mol. The molecule has 108 valence electrons. The number of carboxylic acids is 1. The first-order chi connectivity index (χ1) is 9.47. The van der Waals surface area contributed by atoms with Gasteiger partial charge < -0.3 is 10.0 Å². The quantitative estimate of drug-likeness (QED) is 0.786. The van der Waals surface area contributed by atoms with E-state index in [1.54, 1.807) is 17.8 Å². The van der Waals surface area contributed by atoms with Crippen LogP contribution in [-0.2, 0) is 4.79 Å². The highest BCUT2D eigenvalue weighted by Crippen LogP contribution is 2.33. The van der Waals surface area contributed by atoms with Crippen LogP contribution in [0.3, 0.4) is 0 Å². The molecule has 0 bridgehead atoms. The van der Waals surface area contributed by atoms with Crippen molar-refractivity contribution < 1.29 is 14.7 Å². The van der Waals surface area contributed by atoms with E-state index in [9.17, 15) is 14.7 Å². The number of aryl methyl sites for hydroxylation is 1. The van der Waals surface area contributed by atoms with E-state index in [-0.39, 0.29) is 11.3 Å². The maximum Gasteiger partial charge on any atom is 0.327 e. The van der Waals surface area contributed by atoms with Crippen LogP contribution >= 0.6 is 34.4 Å². The van der Waals surface area contributed by atoms with E-state index in [0.717, 1.165) is 15.6 Å². The van der Waals surface area contributed by atoms with Crippen molar-refractivity contribution in [1.29, 1.82) is 0 Å². The summed E-state index contributed by atoms with van der Waals surface area (Å²) in [4.78, 5) is 25.6. The van der Waals surface area contributed by atoms with Gasteiger partial charge in [-0.2, -0.15) is 0 Å². The highest BCUT2D eigenvalue weighted by molar-refractivity contribution is 14.1. The van der Waals surface area contributed by atoms with Crippen LogP contribution in [0.5, 0.6) is 0 Å². The van der Waals surface area contributed by atoms with Crippen molar-refractivity contribution >= 4 is 46.2 Å². The minimum Gasteiger partial charge on any atom is -0.480 e. The molecule has 0 saturated carbocycles. The van der Waals surface area contributed by atoms with E-state index in [2.05, 4.69) is 22.6 Å². The molecule has 1 N–H and O–H groups in total. The first kappa shape index (κ1) is 15.6. The maximum atomic E-state index is 12.7. The number of thioether (sulfide) groups is 1. The lowest BCUT2D eigenvalue weighted by Crippen LogP contribution is -2.45. The minimum atomic E-state index is -0.926. The van der Waals surface area contributed by atoms with Gasteiger partial charge in [0.15, 0.2) is 0 Å². The Morgan fingerprint density at radius 1 is 1.50 bits per heavy atom. The molecule has 1 aromatic carbocycles. The van der Waals surface area contributed by atoms with Gasteiger partial charge in [-0.1, -0.05) is 19.1 Å². The van der Waals surface area contributed by atoms with Gasteiger partial charge in [0.2, 0.25) is 0 Å². The maximum absolute atomic E-state index is 12.7. The summed E-state index contributed by atoms with van der Waals surface area (Å²) < 4.78 is 0.894. The average Bonchev–Trinajstić information content (AvgIpc) is 2.85. The average molecular weight is 405 g/mol. The summed E-state index contributed by atoms with van der Waals surface area (Å²) in [6.45, 7) is 3.92. The second-order valence-electron chi connectivity index (χ2n) is 4.70. The van der Waals surface area contributed by atoms with Crippen LogP contribution in [-0.4, -0.2) is 39.1 Å². The molecule has 0 aliphatic carbocycles. The van der Waals surface area contributed by atoms with Gasteiger partial charge in [0, 0.05) is 9.32 Å². The number of amides is 1. The lowest BCUT2D eigenvalue weighted by atomic mass is 10.1. The fourth-order valence-corrected chi connectivity index (χ4v) is 4.23. The van der Waals surface area contributed by atoms with E-state index >= 15 is 0 Å². The predicted molar refractivity (Wildman–Crippen MR) is 88.0 cm³/mol. The van der Waals surface area contributed by atoms with E-state index in [4.69, 9.17) is 0 Å². The number of halogens is 1. The summed E-state index contributed by atoms with van der Waals surface area (Å²) in [5, 5.41) is 9.25. The molecule has 0 radical (unpaired) electrons. The van der Waals surface area contributed by atoms with Crippen LogP contribution in [0.2, 0.25) is 0 Å². The lowest BCUT2D eigenvalue weighted by molar-refractivity contribution is -0.141. The molecule has 0 aromatic heterocycles. The summed E-state index contributed by atoms with van der Waals surface area (Å²) in [7, 11) is 0. The molecule has 1 amide bonds. The molecule has 1 aliphatic rings. The molecule has 1 saturated heterocycles. The Hall–Kier alpha value is -0.760. The van der Waals surface area contributed by atoms with Crippen molar-refractivity contribution in [3.8, 4) is 0 Å². The van der Waals surface area contributed by atoms with Crippen LogP contribution in [0.25, 0.3) is 0 Å². The number of carboxylic acid groups (broad SMARTS) is 1. The molecule has 2 unspecified atom stereocenters. The fraction of sp³-hybridized carbons (Fsp3) is 0.429. The van der Waals surface area contributed by atoms with Gasteiger partial charge >= 0.3 is 5.97 Å². The lowest BCUT2D eigenvalue weighted by Gasteiger charge is -2.27. The van der Waals surface area contributed by atoms with Gasteiger partial charge in [0.1, 0.15) is 6.04 Å². The van der Waals surface area contributed by atoms with Crippen LogP contribution in [0.4, 0.5) is 0 Å². The highest BCUT2D eigenvalue weighted by Gasteiger charge is 2.41. The summed E-state index contributed by atoms with van der Waals surface area (Å²) in [5.74, 6) is -0.645. The van der Waals surface area contributed by atoms with Crippen LogP contribution in [0, 0.1) is 10.5 Å². The standard InChI is InChI=1S/C14H16INO3S/c1-3-11-16(10(7-20-11)14(18)19)13(17)9-6-4-5-8(2)12(9)15/h4-6,10-11H,3,7H2,1-2H3,(H,18,19). The molecule has 1 aliphatic heterocycles. The molecular formula is C14H16INO3S. The van der Waals surface area contributed by atoms with E-state index in [1.165, 1.54) is 4.90 Å². The molecular weight excluding hydrogens is 389 g/mol. The molecule has 4 nitrogen and oxygen atoms in total. The van der Waals surface area contributed by atoms with Crippen molar-refractivity contribution in [2.45, 2.75) is 31.7 Å². The number of hydrogen-bond donors (Lipinski definition) is 1. The van der Waals surface area contributed by atoms with Gasteiger partial charge in [-0.25, -0.2) is 4.79 Å². The topological polar surface area (TPSA) is 57.6 Å². The summed E-state index contributed by atoms with van der Waals surface area (Å²) in [6.07, 6.45) is 0.753. The van der Waals surface area contributed by atoms with Gasteiger partial charge in [-0.05, 0) is 47.6 Å². The first-order valence-electron chi connectivity index (χ1n) is 6.39. The van der Waals surface area contributed by atoms with Crippen molar-refractivity contribution in [2.24, 2.45) is 0 Å². The Morgan fingerprint density at radius 3 is 2.80 bits per heavy atom. The summed E-state index contributed by atoms with van der Waals surface area (Å²) >= 11 is 3.69. The second kappa shape index (κ2) is 6.34. The van der Waals surface area contributed by atoms with E-state index in [1.807, 2.05) is 26.0 Å². The SMILES string of the molecule is CCC1SCC(C(=O)O)N1C(=O)c1cccc(C)c1I. The van der Waals surface area contributed by atoms with Gasteiger partial charge in [0.05, 0.1) is 10.9 Å². The van der Waals surface area contributed by atoms with Crippen molar-refractivity contribution in [1.82, 2.24) is 4.90 Å². The predicted octanol–water partition coefficient (Wildman–Crippen LogP) is 2.98. The van der Waals surface area contributed by atoms with Gasteiger partial charge in [-0.15, -0.1) is 11.8 Å². The van der Waals surface area contributed by atoms with E-state index in [0.29, 0.717) is 11.3 Å². The molecule has 2 atom stereocenters. The van der Waals surface area contributed by atoms with Crippen LogP contribution in [0.1, 0.15) is 29.3 Å². The Bertz CT molecular complexity index is 549. The largest absolute Gasteiger partial charge is 0.480 e. The number of nitrogens with zero attached hydrogens (tertiary/aromatic N) is 1. The van der Waals surface area contributed by atoms with Crippen LogP contribution < -0.4 is 0 Å². The summed E-state index contributed by atoms with van der Waals surface area (Å²) in [6, 6.07) is 4.83. The molecule has 0 spiro atoms. The number of carbonyl (C=O) groups excluding carboxylic acids is 1. The second-order valence-corrected chi connectivity index (χ2v) is 6.99. The number of hydrogen-bond acceptors (Lipinski definition) is 3. The number of aliphatic carboxylic acids is 1. The zero-order valence-corrected chi connectivity index (χ0v) is 14.3. The Balaban J connectivity index is 2.38. The van der Waals surface area contributed by atoms with Crippen molar-refractivity contribution in [3.05, 3.63) is 32.9 Å². The van der Waals surface area contributed by atoms with Gasteiger partial charge in [0.25, 0.3) is 5.91 Å². The van der Waals surface area contributed by atoms with Crippen molar-refractivity contribution in [3.63, 3.8) is 0 Å². The number of rotatable bonds is 3. The molecule has 6 heteroatoms. The number of benzene rings is 1. The zero-order chi connectivity index (χ0) is 14.9. The van der Waals surface area contributed by atoms with Gasteiger partial charge in [-0.3, -0.25) is 4.79 Å². The molecule has 1 fully saturated rings. The molecule has 2 rings (SSSR count). The highest BCUT2D eigenvalue weighted by atomic mass is 127. The fourth-order valence-electron chi connectivity index (χ4n) is 2.29. The minimum absolute atomic E-state index is 0.0556. The van der Waals surface area contributed by atoms with Crippen LogP contribution in [0.15, 0.2) is 18.2 Å². The Kier molecular flexibility index (Phi) is 4.95. The zero-order valence-electron chi connectivity index (χ0n) is 11.3. The Labute approximate surface area is 136 Å². The van der Waals surface area contributed by atoms with E-state index < -0.39 is 12.0 Å². The number of carbonyl (C=O) groups is 2. The van der Waals surface area contributed by atoms with Crippen molar-refractivity contribution in [2.75, 3.05) is 5.75 Å². The molecule has 1 heterocycles. The normalized spacial score (nSPS) is 22.1. The summed E-state index contributed by atoms with van der Waals surface area (Å²) in [5.41, 5.74) is 1.63. The molecule has 20 heavy (non-hydrogen) atoms. The molecule has 1 aromatic rings. The first-order valence-corrected chi connectivity index (χ1v) is 8.52. The smallest absolute Gasteiger partial charge is 0.327 e. The Morgan fingerprint density at radius 2 is 2.20 bits per heavy atom. The third-order valence-electron chi connectivity index (χ3n) is 3.38. The third-order valence-corrected chi connectivity index (χ3v) is 6.27.